The van der Waals surface area contributed by atoms with E-state index in [0.29, 0.717) is 18.2 Å². The van der Waals surface area contributed by atoms with Crippen molar-refractivity contribution in [1.29, 1.82) is 0 Å². The second-order valence-electron chi connectivity index (χ2n) is 7.74. The molecule has 1 aliphatic rings. The topological polar surface area (TPSA) is 61.4 Å². The van der Waals surface area contributed by atoms with E-state index >= 15 is 0 Å². The normalized spacial score (nSPS) is 18.2. The number of hydrogen-bond acceptors (Lipinski definition) is 3. The van der Waals surface area contributed by atoms with Gasteiger partial charge < -0.3 is 10.6 Å². The van der Waals surface area contributed by atoms with Gasteiger partial charge in [-0.3, -0.25) is 14.5 Å². The third-order valence-electron chi connectivity index (χ3n) is 4.86. The zero-order valence-corrected chi connectivity index (χ0v) is 15.9. The quantitative estimate of drug-likeness (QED) is 0.832. The minimum atomic E-state index is -0.216. The van der Waals surface area contributed by atoms with Gasteiger partial charge in [0.05, 0.1) is 6.54 Å². The molecule has 2 rings (SSSR count). The first-order chi connectivity index (χ1) is 11.8. The lowest BCUT2D eigenvalue weighted by atomic mass is 9.87. The van der Waals surface area contributed by atoms with E-state index in [4.69, 9.17) is 0 Å². The van der Waals surface area contributed by atoms with Crippen LogP contribution in [0.1, 0.15) is 56.5 Å². The lowest BCUT2D eigenvalue weighted by Crippen LogP contribution is -2.43. The number of hydrogen-bond donors (Lipinski definition) is 2. The summed E-state index contributed by atoms with van der Waals surface area (Å²) in [6.07, 6.45) is 2.32. The fourth-order valence-corrected chi connectivity index (χ4v) is 3.22. The van der Waals surface area contributed by atoms with Crippen molar-refractivity contribution in [2.75, 3.05) is 26.2 Å². The van der Waals surface area contributed by atoms with Crippen molar-refractivity contribution >= 4 is 11.8 Å². The van der Waals surface area contributed by atoms with Crippen LogP contribution in [0.25, 0.3) is 0 Å². The Morgan fingerprint density at radius 3 is 2.44 bits per heavy atom. The third kappa shape index (κ3) is 5.56. The predicted octanol–water partition coefficient (Wildman–Crippen LogP) is 2.31. The highest BCUT2D eigenvalue weighted by atomic mass is 16.2. The summed E-state index contributed by atoms with van der Waals surface area (Å²) in [5.74, 6) is -0.353. The van der Waals surface area contributed by atoms with Crippen LogP contribution in [-0.2, 0) is 10.2 Å². The molecular formula is C20H31N3O2. The maximum Gasteiger partial charge on any atom is 0.251 e. The van der Waals surface area contributed by atoms with Crippen molar-refractivity contribution in [2.24, 2.45) is 0 Å². The molecule has 2 amide bonds. The molecule has 1 fully saturated rings. The molecule has 1 aliphatic heterocycles. The van der Waals surface area contributed by atoms with Crippen molar-refractivity contribution in [3.8, 4) is 0 Å². The molecule has 0 aromatic heterocycles. The van der Waals surface area contributed by atoms with Crippen LogP contribution in [0.4, 0.5) is 0 Å². The highest BCUT2D eigenvalue weighted by molar-refractivity contribution is 5.96. The van der Waals surface area contributed by atoms with Crippen LogP contribution in [0.3, 0.4) is 0 Å². The number of carbonyl (C=O) groups excluding carboxylic acids is 2. The Kier molecular flexibility index (Phi) is 6.59. The number of rotatable bonds is 6. The standard InChI is InChI=1S/C20H31N3O2/c1-5-23-12-6-7-17(23)13-21-18(24)14-22-19(25)15-8-10-16(11-9-15)20(2,3)4/h8-11,17H,5-7,12-14H2,1-4H3,(H,21,24)(H,22,25). The third-order valence-corrected chi connectivity index (χ3v) is 4.86. The van der Waals surface area contributed by atoms with Gasteiger partial charge in [-0.2, -0.15) is 0 Å². The van der Waals surface area contributed by atoms with Gasteiger partial charge in [0.1, 0.15) is 0 Å². The number of likely N-dealkylation sites (tertiary alicyclic amines) is 1. The number of carbonyl (C=O) groups is 2. The highest BCUT2D eigenvalue weighted by Crippen LogP contribution is 2.22. The molecule has 0 bridgehead atoms. The van der Waals surface area contributed by atoms with Gasteiger partial charge in [0.2, 0.25) is 5.91 Å². The fourth-order valence-electron chi connectivity index (χ4n) is 3.22. The Morgan fingerprint density at radius 2 is 1.84 bits per heavy atom. The minimum absolute atomic E-state index is 0.0126. The summed E-state index contributed by atoms with van der Waals surface area (Å²) < 4.78 is 0. The Hall–Kier alpha value is -1.88. The molecule has 0 aliphatic carbocycles. The molecule has 1 aromatic carbocycles. The largest absolute Gasteiger partial charge is 0.353 e. The van der Waals surface area contributed by atoms with Gasteiger partial charge in [-0.25, -0.2) is 0 Å². The minimum Gasteiger partial charge on any atom is -0.353 e. The Balaban J connectivity index is 1.76. The lowest BCUT2D eigenvalue weighted by molar-refractivity contribution is -0.120. The monoisotopic (exact) mass is 345 g/mol. The molecular weight excluding hydrogens is 314 g/mol. The van der Waals surface area contributed by atoms with Crippen molar-refractivity contribution in [1.82, 2.24) is 15.5 Å². The first-order valence-electron chi connectivity index (χ1n) is 9.20. The molecule has 5 nitrogen and oxygen atoms in total. The fraction of sp³-hybridized carbons (Fsp3) is 0.600. The number of likely N-dealkylation sites (N-methyl/N-ethyl adjacent to an activating group) is 1. The van der Waals surface area contributed by atoms with Crippen molar-refractivity contribution in [3.05, 3.63) is 35.4 Å². The van der Waals surface area contributed by atoms with Crippen LogP contribution in [0.5, 0.6) is 0 Å². The van der Waals surface area contributed by atoms with Gasteiger partial charge in [0.25, 0.3) is 5.91 Å². The number of nitrogens with one attached hydrogen (secondary N) is 2. The Bertz CT molecular complexity index is 590. The number of benzene rings is 1. The van der Waals surface area contributed by atoms with Gasteiger partial charge in [0, 0.05) is 18.2 Å². The van der Waals surface area contributed by atoms with Crippen molar-refractivity contribution in [2.45, 2.75) is 52.0 Å². The summed E-state index contributed by atoms with van der Waals surface area (Å²) in [7, 11) is 0. The lowest BCUT2D eigenvalue weighted by Gasteiger charge is -2.22. The van der Waals surface area contributed by atoms with Gasteiger partial charge in [-0.1, -0.05) is 39.8 Å². The van der Waals surface area contributed by atoms with Gasteiger partial charge >= 0.3 is 0 Å². The molecule has 1 atom stereocenters. The summed E-state index contributed by atoms with van der Waals surface area (Å²) in [5, 5.41) is 5.62. The molecule has 5 heteroatoms. The van der Waals surface area contributed by atoms with E-state index < -0.39 is 0 Å². The van der Waals surface area contributed by atoms with Crippen LogP contribution in [0.2, 0.25) is 0 Å². The van der Waals surface area contributed by atoms with E-state index in [0.717, 1.165) is 19.5 Å². The predicted molar refractivity (Wildman–Crippen MR) is 101 cm³/mol. The maximum atomic E-state index is 12.2. The van der Waals surface area contributed by atoms with Crippen LogP contribution < -0.4 is 10.6 Å². The molecule has 1 aromatic rings. The van der Waals surface area contributed by atoms with Crippen LogP contribution in [0.15, 0.2) is 24.3 Å². The van der Waals surface area contributed by atoms with E-state index in [1.165, 1.54) is 12.0 Å². The molecule has 25 heavy (non-hydrogen) atoms. The van der Waals surface area contributed by atoms with Crippen LogP contribution >= 0.6 is 0 Å². The molecule has 1 saturated heterocycles. The molecule has 2 N–H and O–H groups in total. The SMILES string of the molecule is CCN1CCCC1CNC(=O)CNC(=O)c1ccc(C(C)(C)C)cc1. The summed E-state index contributed by atoms with van der Waals surface area (Å²) in [4.78, 5) is 26.5. The summed E-state index contributed by atoms with van der Waals surface area (Å²) >= 11 is 0. The average molecular weight is 345 g/mol. The van der Waals surface area contributed by atoms with Gasteiger partial charge in [0.15, 0.2) is 0 Å². The number of amides is 2. The van der Waals surface area contributed by atoms with Gasteiger partial charge in [-0.15, -0.1) is 0 Å². The smallest absolute Gasteiger partial charge is 0.251 e. The van der Waals surface area contributed by atoms with Crippen molar-refractivity contribution in [3.63, 3.8) is 0 Å². The highest BCUT2D eigenvalue weighted by Gasteiger charge is 2.23. The summed E-state index contributed by atoms with van der Waals surface area (Å²) in [5.41, 5.74) is 1.81. The van der Waals surface area contributed by atoms with Gasteiger partial charge in [-0.05, 0) is 49.0 Å². The van der Waals surface area contributed by atoms with E-state index in [1.54, 1.807) is 0 Å². The van der Waals surface area contributed by atoms with E-state index in [-0.39, 0.29) is 23.8 Å². The van der Waals surface area contributed by atoms with Crippen LogP contribution in [-0.4, -0.2) is 48.9 Å². The summed E-state index contributed by atoms with van der Waals surface area (Å²) in [6, 6.07) is 7.98. The molecule has 138 valence electrons. The van der Waals surface area contributed by atoms with Crippen LogP contribution in [0, 0.1) is 0 Å². The van der Waals surface area contributed by atoms with E-state index in [9.17, 15) is 9.59 Å². The first-order valence-corrected chi connectivity index (χ1v) is 9.20. The maximum absolute atomic E-state index is 12.2. The zero-order chi connectivity index (χ0) is 18.4. The zero-order valence-electron chi connectivity index (χ0n) is 15.9. The van der Waals surface area contributed by atoms with E-state index in [2.05, 4.69) is 43.2 Å². The second-order valence-corrected chi connectivity index (χ2v) is 7.74. The summed E-state index contributed by atoms with van der Waals surface area (Å²) in [6.45, 7) is 11.3. The molecule has 0 radical (unpaired) electrons. The Morgan fingerprint density at radius 1 is 1.16 bits per heavy atom. The number of nitrogens with zero attached hydrogens (tertiary/aromatic N) is 1. The molecule has 1 unspecified atom stereocenters. The first kappa shape index (κ1) is 19.4. The van der Waals surface area contributed by atoms with E-state index in [1.807, 2.05) is 24.3 Å². The second kappa shape index (κ2) is 8.48. The Labute approximate surface area is 151 Å². The molecule has 0 saturated carbocycles. The molecule has 0 spiro atoms. The average Bonchev–Trinajstić information content (AvgIpc) is 3.04. The molecule has 1 heterocycles. The van der Waals surface area contributed by atoms with Crippen molar-refractivity contribution < 1.29 is 9.59 Å².